The molecule has 1 aromatic carbocycles. The number of amides is 1. The molecule has 2 aromatic heterocycles. The van der Waals surface area contributed by atoms with Crippen LogP contribution < -0.4 is 10.1 Å². The first-order valence-electron chi connectivity index (χ1n) is 7.71. The quantitative estimate of drug-likeness (QED) is 0.715. The Morgan fingerprint density at radius 3 is 2.79 bits per heavy atom. The zero-order chi connectivity index (χ0) is 16.8. The number of nitrogens with zero attached hydrogens (tertiary/aromatic N) is 2. The minimum Gasteiger partial charge on any atom is -0.497 e. The molecule has 0 unspecified atom stereocenters. The van der Waals surface area contributed by atoms with Gasteiger partial charge < -0.3 is 10.1 Å². The number of benzene rings is 1. The standard InChI is InChI=1S/C18H19N3O2S/c1-23-15-7-4-14(5-8-15)6-9-18(22)20-17-10-11-19-21(17)13-16-3-2-12-24-16/h2-5,7-8,10-12H,6,9,13H2,1H3,(H,20,22). The molecule has 0 radical (unpaired) electrons. The first-order valence-corrected chi connectivity index (χ1v) is 8.59. The van der Waals surface area contributed by atoms with Crippen molar-refractivity contribution in [2.45, 2.75) is 19.4 Å². The van der Waals surface area contributed by atoms with Crippen LogP contribution in [0.5, 0.6) is 5.75 Å². The smallest absolute Gasteiger partial charge is 0.225 e. The van der Waals surface area contributed by atoms with Gasteiger partial charge in [-0.3, -0.25) is 4.79 Å². The van der Waals surface area contributed by atoms with Crippen molar-refractivity contribution in [3.05, 3.63) is 64.5 Å². The minimum atomic E-state index is -0.0150. The third kappa shape index (κ3) is 4.23. The van der Waals surface area contributed by atoms with Crippen molar-refractivity contribution in [2.75, 3.05) is 12.4 Å². The number of methoxy groups -OCH3 is 1. The van der Waals surface area contributed by atoms with Crippen LogP contribution in [0, 0.1) is 0 Å². The summed E-state index contributed by atoms with van der Waals surface area (Å²) in [6, 6.07) is 13.7. The van der Waals surface area contributed by atoms with Crippen LogP contribution in [0.3, 0.4) is 0 Å². The van der Waals surface area contributed by atoms with Crippen LogP contribution in [0.2, 0.25) is 0 Å². The number of carbonyl (C=O) groups excluding carboxylic acids is 1. The zero-order valence-electron chi connectivity index (χ0n) is 13.4. The lowest BCUT2D eigenvalue weighted by Crippen LogP contribution is -2.16. The Labute approximate surface area is 144 Å². The maximum atomic E-state index is 12.2. The second kappa shape index (κ2) is 7.79. The van der Waals surface area contributed by atoms with E-state index in [-0.39, 0.29) is 5.91 Å². The number of thiophene rings is 1. The fraction of sp³-hybridized carbons (Fsp3) is 0.222. The van der Waals surface area contributed by atoms with Gasteiger partial charge in [0.05, 0.1) is 19.9 Å². The van der Waals surface area contributed by atoms with E-state index in [2.05, 4.69) is 16.5 Å². The number of hydrogen-bond donors (Lipinski definition) is 1. The van der Waals surface area contributed by atoms with E-state index in [0.717, 1.165) is 17.1 Å². The number of aromatic nitrogens is 2. The molecule has 5 nitrogen and oxygen atoms in total. The van der Waals surface area contributed by atoms with E-state index in [1.807, 2.05) is 41.8 Å². The summed E-state index contributed by atoms with van der Waals surface area (Å²) in [6.45, 7) is 0.665. The average molecular weight is 341 g/mol. The van der Waals surface area contributed by atoms with Crippen molar-refractivity contribution in [2.24, 2.45) is 0 Å². The molecule has 1 amide bonds. The van der Waals surface area contributed by atoms with Crippen LogP contribution >= 0.6 is 11.3 Å². The maximum Gasteiger partial charge on any atom is 0.225 e. The Balaban J connectivity index is 1.54. The van der Waals surface area contributed by atoms with E-state index in [1.165, 1.54) is 4.88 Å². The molecule has 3 aromatic rings. The number of aryl methyl sites for hydroxylation is 1. The van der Waals surface area contributed by atoms with E-state index in [9.17, 15) is 4.79 Å². The molecule has 124 valence electrons. The van der Waals surface area contributed by atoms with E-state index >= 15 is 0 Å². The lowest BCUT2D eigenvalue weighted by Gasteiger charge is -2.08. The molecule has 2 heterocycles. The zero-order valence-corrected chi connectivity index (χ0v) is 14.3. The first kappa shape index (κ1) is 16.3. The van der Waals surface area contributed by atoms with Gasteiger partial charge in [0.25, 0.3) is 0 Å². The number of rotatable bonds is 7. The van der Waals surface area contributed by atoms with Crippen LogP contribution in [0.15, 0.2) is 54.0 Å². The molecule has 0 atom stereocenters. The van der Waals surface area contributed by atoms with Crippen molar-refractivity contribution in [1.29, 1.82) is 0 Å². The summed E-state index contributed by atoms with van der Waals surface area (Å²) in [5.41, 5.74) is 1.11. The lowest BCUT2D eigenvalue weighted by atomic mass is 10.1. The van der Waals surface area contributed by atoms with Crippen molar-refractivity contribution < 1.29 is 9.53 Å². The molecule has 1 N–H and O–H groups in total. The van der Waals surface area contributed by atoms with E-state index in [4.69, 9.17) is 4.74 Å². The molecule has 0 saturated heterocycles. The van der Waals surface area contributed by atoms with Crippen molar-refractivity contribution in [3.63, 3.8) is 0 Å². The summed E-state index contributed by atoms with van der Waals surface area (Å²) in [7, 11) is 1.64. The van der Waals surface area contributed by atoms with Gasteiger partial charge in [-0.15, -0.1) is 11.3 Å². The third-order valence-electron chi connectivity index (χ3n) is 3.67. The highest BCUT2D eigenvalue weighted by atomic mass is 32.1. The molecule has 0 aliphatic rings. The molecule has 0 fully saturated rings. The Bertz CT molecular complexity index is 779. The van der Waals surface area contributed by atoms with Crippen LogP contribution in [0.4, 0.5) is 5.82 Å². The van der Waals surface area contributed by atoms with Crippen molar-refractivity contribution >= 4 is 23.1 Å². The predicted molar refractivity (Wildman–Crippen MR) is 95.6 cm³/mol. The topological polar surface area (TPSA) is 56.1 Å². The molecule has 0 aliphatic carbocycles. The normalized spacial score (nSPS) is 10.5. The summed E-state index contributed by atoms with van der Waals surface area (Å²) in [5.74, 6) is 1.53. The summed E-state index contributed by atoms with van der Waals surface area (Å²) >= 11 is 1.68. The second-order valence-electron chi connectivity index (χ2n) is 5.35. The second-order valence-corrected chi connectivity index (χ2v) is 6.38. The Kier molecular flexibility index (Phi) is 5.28. The van der Waals surface area contributed by atoms with Crippen LogP contribution in [-0.2, 0) is 17.8 Å². The highest BCUT2D eigenvalue weighted by Crippen LogP contribution is 2.15. The lowest BCUT2D eigenvalue weighted by molar-refractivity contribution is -0.116. The number of hydrogen-bond acceptors (Lipinski definition) is 4. The highest BCUT2D eigenvalue weighted by molar-refractivity contribution is 7.09. The minimum absolute atomic E-state index is 0.0150. The molecule has 3 rings (SSSR count). The molecule has 0 bridgehead atoms. The predicted octanol–water partition coefficient (Wildman–Crippen LogP) is 3.57. The van der Waals surface area contributed by atoms with Gasteiger partial charge in [-0.25, -0.2) is 4.68 Å². The van der Waals surface area contributed by atoms with Crippen LogP contribution in [-0.4, -0.2) is 22.8 Å². The highest BCUT2D eigenvalue weighted by Gasteiger charge is 2.08. The van der Waals surface area contributed by atoms with Gasteiger partial charge in [0.1, 0.15) is 11.6 Å². The van der Waals surface area contributed by atoms with Crippen molar-refractivity contribution in [3.8, 4) is 5.75 Å². The molecular formula is C18H19N3O2S. The average Bonchev–Trinajstić information content (AvgIpc) is 3.26. The summed E-state index contributed by atoms with van der Waals surface area (Å²) in [4.78, 5) is 13.4. The van der Waals surface area contributed by atoms with Gasteiger partial charge in [0, 0.05) is 17.4 Å². The van der Waals surface area contributed by atoms with Crippen LogP contribution in [0.25, 0.3) is 0 Å². The SMILES string of the molecule is COc1ccc(CCC(=O)Nc2ccnn2Cc2cccs2)cc1. The summed E-state index contributed by atoms with van der Waals surface area (Å²) in [5, 5.41) is 9.25. The number of ether oxygens (including phenoxy) is 1. The fourth-order valence-corrected chi connectivity index (χ4v) is 3.06. The Morgan fingerprint density at radius 2 is 2.08 bits per heavy atom. The van der Waals surface area contributed by atoms with Gasteiger partial charge >= 0.3 is 0 Å². The molecule has 24 heavy (non-hydrogen) atoms. The van der Waals surface area contributed by atoms with E-state index < -0.39 is 0 Å². The van der Waals surface area contributed by atoms with Gasteiger partial charge in [0.2, 0.25) is 5.91 Å². The van der Waals surface area contributed by atoms with E-state index in [1.54, 1.807) is 29.3 Å². The maximum absolute atomic E-state index is 12.2. The van der Waals surface area contributed by atoms with Crippen LogP contribution in [0.1, 0.15) is 16.9 Å². The molecule has 0 saturated carbocycles. The monoisotopic (exact) mass is 341 g/mol. The van der Waals surface area contributed by atoms with Gasteiger partial charge in [-0.05, 0) is 35.6 Å². The van der Waals surface area contributed by atoms with Gasteiger partial charge in [0.15, 0.2) is 0 Å². The fourth-order valence-electron chi connectivity index (χ4n) is 2.37. The summed E-state index contributed by atoms with van der Waals surface area (Å²) < 4.78 is 6.94. The first-order chi connectivity index (χ1) is 11.7. The number of nitrogens with one attached hydrogen (secondary N) is 1. The molecule has 0 spiro atoms. The number of carbonyl (C=O) groups is 1. The van der Waals surface area contributed by atoms with Crippen molar-refractivity contribution in [1.82, 2.24) is 9.78 Å². The number of anilines is 1. The summed E-state index contributed by atoms with van der Waals surface area (Å²) in [6.07, 6.45) is 2.82. The van der Waals surface area contributed by atoms with Gasteiger partial charge in [-0.1, -0.05) is 18.2 Å². The third-order valence-corrected chi connectivity index (χ3v) is 4.53. The molecule has 0 aliphatic heterocycles. The molecule has 6 heteroatoms. The van der Waals surface area contributed by atoms with Gasteiger partial charge in [-0.2, -0.15) is 5.10 Å². The Hall–Kier alpha value is -2.60. The Morgan fingerprint density at radius 1 is 1.25 bits per heavy atom. The molecular weight excluding hydrogens is 322 g/mol. The van der Waals surface area contributed by atoms with E-state index in [0.29, 0.717) is 19.4 Å². The largest absolute Gasteiger partial charge is 0.497 e.